The van der Waals surface area contributed by atoms with Crippen LogP contribution in [0.1, 0.15) is 51.9 Å². The molecule has 2 aliphatic carbocycles. The fraction of sp³-hybridized carbons (Fsp3) is 1.00. The molecule has 0 heterocycles. The molecule has 0 spiro atoms. The number of hydrogen-bond acceptors (Lipinski definition) is 3. The van der Waals surface area contributed by atoms with Gasteiger partial charge in [-0.2, -0.15) is 0 Å². The van der Waals surface area contributed by atoms with Crippen molar-refractivity contribution in [3.63, 3.8) is 0 Å². The zero-order valence-electron chi connectivity index (χ0n) is 12.2. The van der Waals surface area contributed by atoms with Crippen LogP contribution in [0.2, 0.25) is 0 Å². The molecule has 2 saturated carbocycles. The molecule has 0 saturated heterocycles. The molecular formula is C15H30N2O. The molecule has 0 bridgehead atoms. The van der Waals surface area contributed by atoms with E-state index in [-0.39, 0.29) is 0 Å². The van der Waals surface area contributed by atoms with Crippen LogP contribution in [0.5, 0.6) is 0 Å². The van der Waals surface area contributed by atoms with Crippen LogP contribution in [0, 0.1) is 0 Å². The van der Waals surface area contributed by atoms with Crippen LogP contribution >= 0.6 is 0 Å². The predicted molar refractivity (Wildman–Crippen MR) is 75.9 cm³/mol. The van der Waals surface area contributed by atoms with Crippen molar-refractivity contribution in [2.24, 2.45) is 0 Å². The topological polar surface area (TPSA) is 24.5 Å². The lowest BCUT2D eigenvalue weighted by molar-refractivity contribution is 0.0772. The monoisotopic (exact) mass is 254 g/mol. The Morgan fingerprint density at radius 1 is 1.17 bits per heavy atom. The number of ether oxygens (including phenoxy) is 1. The van der Waals surface area contributed by atoms with E-state index < -0.39 is 0 Å². The molecule has 0 aliphatic heterocycles. The minimum absolute atomic E-state index is 0.719. The van der Waals surface area contributed by atoms with Gasteiger partial charge >= 0.3 is 0 Å². The van der Waals surface area contributed by atoms with Crippen molar-refractivity contribution in [1.29, 1.82) is 0 Å². The van der Waals surface area contributed by atoms with Gasteiger partial charge < -0.3 is 10.1 Å². The molecule has 3 heteroatoms. The van der Waals surface area contributed by atoms with Crippen LogP contribution in [0.4, 0.5) is 0 Å². The van der Waals surface area contributed by atoms with Gasteiger partial charge in [-0.25, -0.2) is 0 Å². The van der Waals surface area contributed by atoms with E-state index in [1.807, 2.05) is 7.11 Å². The molecule has 18 heavy (non-hydrogen) atoms. The highest BCUT2D eigenvalue weighted by Gasteiger charge is 2.37. The van der Waals surface area contributed by atoms with Gasteiger partial charge in [0.15, 0.2) is 0 Å². The largest absolute Gasteiger partial charge is 0.383 e. The third-order valence-corrected chi connectivity index (χ3v) is 4.38. The van der Waals surface area contributed by atoms with Crippen molar-refractivity contribution >= 4 is 0 Å². The molecule has 2 rings (SSSR count). The highest BCUT2D eigenvalue weighted by Crippen LogP contribution is 2.33. The van der Waals surface area contributed by atoms with Gasteiger partial charge in [-0.1, -0.05) is 19.8 Å². The van der Waals surface area contributed by atoms with Crippen LogP contribution in [-0.2, 0) is 4.74 Å². The fourth-order valence-corrected chi connectivity index (χ4v) is 3.30. The Hall–Kier alpha value is -0.120. The molecule has 0 aromatic heterocycles. The lowest BCUT2D eigenvalue weighted by Crippen LogP contribution is -2.53. The minimum Gasteiger partial charge on any atom is -0.383 e. The van der Waals surface area contributed by atoms with Gasteiger partial charge in [0.05, 0.1) is 6.61 Å². The second-order valence-electron chi connectivity index (χ2n) is 5.87. The Morgan fingerprint density at radius 3 is 2.61 bits per heavy atom. The zero-order chi connectivity index (χ0) is 12.8. The van der Waals surface area contributed by atoms with Gasteiger partial charge in [0.1, 0.15) is 0 Å². The Labute approximate surface area is 112 Å². The molecule has 1 N–H and O–H groups in total. The Kier molecular flexibility index (Phi) is 5.93. The van der Waals surface area contributed by atoms with E-state index in [4.69, 9.17) is 4.74 Å². The first-order chi connectivity index (χ1) is 8.86. The molecular weight excluding hydrogens is 224 g/mol. The average molecular weight is 254 g/mol. The van der Waals surface area contributed by atoms with E-state index in [9.17, 15) is 0 Å². The third-order valence-electron chi connectivity index (χ3n) is 4.38. The molecule has 106 valence electrons. The highest BCUT2D eigenvalue weighted by atomic mass is 16.5. The normalized spacial score (nSPS) is 28.8. The second-order valence-corrected chi connectivity index (χ2v) is 5.87. The average Bonchev–Trinajstić information content (AvgIpc) is 3.22. The number of methoxy groups -OCH3 is 1. The summed E-state index contributed by atoms with van der Waals surface area (Å²) in [6.45, 7) is 5.43. The molecule has 0 aromatic carbocycles. The van der Waals surface area contributed by atoms with Crippen molar-refractivity contribution in [3.8, 4) is 0 Å². The molecule has 2 unspecified atom stereocenters. The maximum absolute atomic E-state index is 5.30. The van der Waals surface area contributed by atoms with E-state index in [0.717, 1.165) is 31.3 Å². The summed E-state index contributed by atoms with van der Waals surface area (Å²) in [5.74, 6) is 0. The second kappa shape index (κ2) is 7.46. The molecule has 2 fully saturated rings. The number of nitrogens with one attached hydrogen (secondary N) is 1. The Bertz CT molecular complexity index is 231. The van der Waals surface area contributed by atoms with Crippen molar-refractivity contribution in [3.05, 3.63) is 0 Å². The van der Waals surface area contributed by atoms with E-state index >= 15 is 0 Å². The summed E-state index contributed by atoms with van der Waals surface area (Å²) in [5.41, 5.74) is 0. The van der Waals surface area contributed by atoms with Gasteiger partial charge in [0.25, 0.3) is 0 Å². The predicted octanol–water partition coefficient (Wildman–Crippen LogP) is 2.41. The maximum Gasteiger partial charge on any atom is 0.0589 e. The summed E-state index contributed by atoms with van der Waals surface area (Å²) in [6.07, 6.45) is 9.60. The fourth-order valence-electron chi connectivity index (χ4n) is 3.30. The van der Waals surface area contributed by atoms with E-state index in [1.54, 1.807) is 0 Å². The van der Waals surface area contributed by atoms with Gasteiger partial charge in [-0.3, -0.25) is 4.90 Å². The first-order valence-corrected chi connectivity index (χ1v) is 7.85. The highest BCUT2D eigenvalue weighted by molar-refractivity contribution is 4.95. The minimum atomic E-state index is 0.719. The Balaban J connectivity index is 1.91. The first kappa shape index (κ1) is 14.3. The van der Waals surface area contributed by atoms with E-state index in [2.05, 4.69) is 17.1 Å². The Morgan fingerprint density at radius 2 is 1.94 bits per heavy atom. The lowest BCUT2D eigenvalue weighted by Gasteiger charge is -2.40. The summed E-state index contributed by atoms with van der Waals surface area (Å²) >= 11 is 0. The number of nitrogens with zero attached hydrogens (tertiary/aromatic N) is 1. The van der Waals surface area contributed by atoms with E-state index in [0.29, 0.717) is 0 Å². The van der Waals surface area contributed by atoms with Crippen molar-refractivity contribution in [1.82, 2.24) is 10.2 Å². The number of rotatable bonds is 8. The van der Waals surface area contributed by atoms with Gasteiger partial charge in [0, 0.05) is 31.8 Å². The van der Waals surface area contributed by atoms with Crippen LogP contribution in [0.15, 0.2) is 0 Å². The number of hydrogen-bond donors (Lipinski definition) is 1. The van der Waals surface area contributed by atoms with Crippen molar-refractivity contribution < 1.29 is 4.74 Å². The molecule has 0 amide bonds. The molecule has 3 nitrogen and oxygen atoms in total. The van der Waals surface area contributed by atoms with Crippen molar-refractivity contribution in [2.75, 3.05) is 26.8 Å². The van der Waals surface area contributed by atoms with Crippen LogP contribution in [-0.4, -0.2) is 49.8 Å². The van der Waals surface area contributed by atoms with Gasteiger partial charge in [-0.05, 0) is 38.6 Å². The summed E-state index contributed by atoms with van der Waals surface area (Å²) in [4.78, 5) is 2.75. The van der Waals surface area contributed by atoms with Gasteiger partial charge in [0.2, 0.25) is 0 Å². The quantitative estimate of drug-likeness (QED) is 0.720. The summed E-state index contributed by atoms with van der Waals surface area (Å²) in [7, 11) is 1.82. The molecule has 2 aliphatic rings. The lowest BCUT2D eigenvalue weighted by atomic mass is 9.88. The van der Waals surface area contributed by atoms with Crippen LogP contribution in [0.25, 0.3) is 0 Å². The van der Waals surface area contributed by atoms with Crippen LogP contribution < -0.4 is 5.32 Å². The third kappa shape index (κ3) is 3.94. The molecule has 0 aromatic rings. The SMILES string of the molecule is CCCNC1CCCCC1N(CCOC)C1CC1. The summed E-state index contributed by atoms with van der Waals surface area (Å²) in [6, 6.07) is 2.33. The first-order valence-electron chi connectivity index (χ1n) is 7.85. The van der Waals surface area contributed by atoms with Crippen LogP contribution in [0.3, 0.4) is 0 Å². The standard InChI is InChI=1S/C15H30N2O/c1-3-10-16-14-6-4-5-7-15(14)17(11-12-18-2)13-8-9-13/h13-16H,3-12H2,1-2H3. The smallest absolute Gasteiger partial charge is 0.0589 e. The van der Waals surface area contributed by atoms with Crippen molar-refractivity contribution in [2.45, 2.75) is 70.0 Å². The van der Waals surface area contributed by atoms with E-state index in [1.165, 1.54) is 51.5 Å². The summed E-state index contributed by atoms with van der Waals surface area (Å²) < 4.78 is 5.30. The zero-order valence-corrected chi connectivity index (χ0v) is 12.2. The maximum atomic E-state index is 5.30. The summed E-state index contributed by atoms with van der Waals surface area (Å²) in [5, 5.41) is 3.78. The van der Waals surface area contributed by atoms with Gasteiger partial charge in [-0.15, -0.1) is 0 Å². The molecule has 2 atom stereocenters. The molecule has 0 radical (unpaired) electrons.